The normalized spacial score (nSPS) is 10.3. The lowest BCUT2D eigenvalue weighted by Crippen LogP contribution is -2.46. The van der Waals surface area contributed by atoms with Crippen molar-refractivity contribution in [3.8, 4) is 0 Å². The molecule has 0 fully saturated rings. The molecule has 0 bridgehead atoms. The Morgan fingerprint density at radius 1 is 0.914 bits per heavy atom. The maximum absolute atomic E-state index is 12.3. The summed E-state index contributed by atoms with van der Waals surface area (Å²) in [5.74, 6) is -1.22. The van der Waals surface area contributed by atoms with Crippen molar-refractivity contribution in [1.29, 1.82) is 0 Å². The van der Waals surface area contributed by atoms with Crippen molar-refractivity contribution in [3.05, 3.63) is 92.8 Å². The number of hydrogen-bond donors (Lipinski definition) is 3. The summed E-state index contributed by atoms with van der Waals surface area (Å²) < 4.78 is 0. The zero-order valence-corrected chi connectivity index (χ0v) is 19.7. The molecule has 3 aromatic rings. The van der Waals surface area contributed by atoms with E-state index < -0.39 is 29.2 Å². The minimum atomic E-state index is -0.668. The number of nitro groups is 1. The number of aromatic nitrogens is 2. The third-order valence-electron chi connectivity index (χ3n) is 4.59. The third-order valence-corrected chi connectivity index (χ3v) is 5.51. The molecule has 0 saturated carbocycles. The van der Waals surface area contributed by atoms with Crippen molar-refractivity contribution < 1.29 is 19.3 Å². The summed E-state index contributed by atoms with van der Waals surface area (Å²) in [6.45, 7) is 3.39. The van der Waals surface area contributed by atoms with E-state index in [1.807, 2.05) is 19.9 Å². The zero-order valence-electron chi connectivity index (χ0n) is 18.9. The molecule has 0 aliphatic rings. The Morgan fingerprint density at radius 2 is 1.60 bits per heavy atom. The summed E-state index contributed by atoms with van der Waals surface area (Å²) in [7, 11) is 0. The van der Waals surface area contributed by atoms with Crippen molar-refractivity contribution in [3.63, 3.8) is 0 Å². The zero-order chi connectivity index (χ0) is 25.4. The Labute approximate surface area is 204 Å². The highest BCUT2D eigenvalue weighted by Gasteiger charge is 2.13. The number of hydrogen-bond acceptors (Lipinski definition) is 8. The van der Waals surface area contributed by atoms with Gasteiger partial charge in [-0.2, -0.15) is 0 Å². The molecular weight excluding hydrogens is 472 g/mol. The van der Waals surface area contributed by atoms with Crippen molar-refractivity contribution in [1.82, 2.24) is 26.1 Å². The average molecular weight is 495 g/mol. The van der Waals surface area contributed by atoms with E-state index >= 15 is 0 Å². The van der Waals surface area contributed by atoms with Gasteiger partial charge in [-0.15, -0.1) is 0 Å². The highest BCUT2D eigenvalue weighted by molar-refractivity contribution is 7.98. The largest absolute Gasteiger partial charge is 0.343 e. The first kappa shape index (κ1) is 25.3. The van der Waals surface area contributed by atoms with Crippen LogP contribution in [0, 0.1) is 24.0 Å². The summed E-state index contributed by atoms with van der Waals surface area (Å²) in [6, 6.07) is 13.9. The monoisotopic (exact) mass is 494 g/mol. The Morgan fingerprint density at radius 3 is 2.26 bits per heavy atom. The average Bonchev–Trinajstić information content (AvgIpc) is 2.84. The Balaban J connectivity index is 1.44. The number of carbonyl (C=O) groups excluding carboxylic acids is 3. The van der Waals surface area contributed by atoms with Crippen LogP contribution in [0.3, 0.4) is 0 Å². The lowest BCUT2D eigenvalue weighted by atomic mass is 10.1. The number of rotatable bonds is 8. The van der Waals surface area contributed by atoms with E-state index in [0.717, 1.165) is 23.0 Å². The minimum absolute atomic E-state index is 0.0402. The van der Waals surface area contributed by atoms with Crippen LogP contribution in [0.1, 0.15) is 37.7 Å². The fourth-order valence-corrected chi connectivity index (χ4v) is 3.83. The van der Waals surface area contributed by atoms with Crippen LogP contribution in [0.15, 0.2) is 59.8 Å². The smallest absolute Gasteiger partial charge is 0.270 e. The molecular formula is C23H22N6O5S. The summed E-state index contributed by atoms with van der Waals surface area (Å²) in [6.07, 6.45) is 0. The summed E-state index contributed by atoms with van der Waals surface area (Å²) >= 11 is 1.49. The molecule has 1 aromatic heterocycles. The van der Waals surface area contributed by atoms with Gasteiger partial charge < -0.3 is 5.32 Å². The lowest BCUT2D eigenvalue weighted by Gasteiger charge is -2.09. The molecule has 2 aromatic carbocycles. The van der Waals surface area contributed by atoms with Crippen molar-refractivity contribution >= 4 is 35.2 Å². The van der Waals surface area contributed by atoms with Crippen LogP contribution in [-0.2, 0) is 10.5 Å². The van der Waals surface area contributed by atoms with E-state index in [9.17, 15) is 24.5 Å². The summed E-state index contributed by atoms with van der Waals surface area (Å²) in [5, 5.41) is 13.8. The molecule has 3 amide bonds. The van der Waals surface area contributed by atoms with Gasteiger partial charge in [-0.05, 0) is 43.7 Å². The number of nitrogens with zero attached hydrogens (tertiary/aromatic N) is 3. The highest BCUT2D eigenvalue weighted by atomic mass is 32.2. The first-order chi connectivity index (χ1) is 16.7. The molecule has 0 spiro atoms. The molecule has 3 rings (SSSR count). The molecule has 35 heavy (non-hydrogen) atoms. The highest BCUT2D eigenvalue weighted by Crippen LogP contribution is 2.20. The molecule has 12 heteroatoms. The van der Waals surface area contributed by atoms with Crippen molar-refractivity contribution in [2.75, 3.05) is 6.54 Å². The third kappa shape index (κ3) is 7.61. The van der Waals surface area contributed by atoms with E-state index in [-0.39, 0.29) is 11.3 Å². The first-order valence-electron chi connectivity index (χ1n) is 10.4. The van der Waals surface area contributed by atoms with Crippen LogP contribution in [0.5, 0.6) is 0 Å². The van der Waals surface area contributed by atoms with Gasteiger partial charge in [0.1, 0.15) is 0 Å². The number of nitrogens with one attached hydrogen (secondary N) is 3. The van der Waals surface area contributed by atoms with Crippen molar-refractivity contribution in [2.45, 2.75) is 24.8 Å². The molecule has 0 saturated heterocycles. The van der Waals surface area contributed by atoms with Gasteiger partial charge in [0.15, 0.2) is 5.16 Å². The van der Waals surface area contributed by atoms with Gasteiger partial charge in [0, 0.05) is 40.4 Å². The van der Waals surface area contributed by atoms with Gasteiger partial charge in [-0.3, -0.25) is 35.3 Å². The molecule has 180 valence electrons. The summed E-state index contributed by atoms with van der Waals surface area (Å²) in [4.78, 5) is 55.3. The number of carbonyl (C=O) groups is 3. The van der Waals surface area contributed by atoms with Crippen LogP contribution >= 0.6 is 11.8 Å². The quantitative estimate of drug-likeness (QED) is 0.187. The predicted molar refractivity (Wildman–Crippen MR) is 129 cm³/mol. The van der Waals surface area contributed by atoms with Gasteiger partial charge in [0.2, 0.25) is 0 Å². The topological polar surface area (TPSA) is 156 Å². The van der Waals surface area contributed by atoms with Crippen LogP contribution in [0.4, 0.5) is 5.69 Å². The number of amides is 3. The van der Waals surface area contributed by atoms with E-state index in [1.54, 1.807) is 24.3 Å². The second-order valence-corrected chi connectivity index (χ2v) is 8.35. The molecule has 0 atom stereocenters. The molecule has 0 aliphatic carbocycles. The van der Waals surface area contributed by atoms with E-state index in [1.165, 1.54) is 30.0 Å². The predicted octanol–water partition coefficient (Wildman–Crippen LogP) is 2.48. The second kappa shape index (κ2) is 11.7. The maximum Gasteiger partial charge on any atom is 0.270 e. The fraction of sp³-hybridized carbons (Fsp3) is 0.174. The van der Waals surface area contributed by atoms with E-state index in [0.29, 0.717) is 16.5 Å². The number of non-ortho nitro benzene ring substituents is 1. The van der Waals surface area contributed by atoms with Gasteiger partial charge in [0.25, 0.3) is 23.4 Å². The Bertz CT molecular complexity index is 1250. The summed E-state index contributed by atoms with van der Waals surface area (Å²) in [5.41, 5.74) is 7.39. The first-order valence-corrected chi connectivity index (χ1v) is 11.4. The van der Waals surface area contributed by atoms with Crippen LogP contribution in [0.25, 0.3) is 0 Å². The van der Waals surface area contributed by atoms with Gasteiger partial charge >= 0.3 is 0 Å². The number of benzene rings is 2. The van der Waals surface area contributed by atoms with Gasteiger partial charge in [-0.25, -0.2) is 9.97 Å². The maximum atomic E-state index is 12.3. The molecule has 1 heterocycles. The standard InChI is InChI=1S/C23H22N6O5S/c1-14-10-15(2)26-23(25-14)35-13-16-6-8-17(9-7-16)22(32)28-27-20(30)12-24-21(31)18-4-3-5-19(11-18)29(33)34/h3-11H,12-13H2,1-2H3,(H,24,31)(H,27,30)(H,28,32). The molecule has 11 nitrogen and oxygen atoms in total. The fourth-order valence-electron chi connectivity index (χ4n) is 2.92. The van der Waals surface area contributed by atoms with E-state index in [4.69, 9.17) is 0 Å². The number of thioether (sulfide) groups is 1. The van der Waals surface area contributed by atoms with Gasteiger partial charge in [0.05, 0.1) is 11.5 Å². The molecule has 3 N–H and O–H groups in total. The molecule has 0 unspecified atom stereocenters. The van der Waals surface area contributed by atoms with Crippen molar-refractivity contribution in [2.24, 2.45) is 0 Å². The molecule has 0 aliphatic heterocycles. The van der Waals surface area contributed by atoms with Crippen LogP contribution < -0.4 is 16.2 Å². The Hall–Kier alpha value is -4.32. The Kier molecular flexibility index (Phi) is 8.46. The SMILES string of the molecule is Cc1cc(C)nc(SCc2ccc(C(=O)NNC(=O)CNC(=O)c3cccc([N+](=O)[O-])c3)cc2)n1. The lowest BCUT2D eigenvalue weighted by molar-refractivity contribution is -0.384. The second-order valence-electron chi connectivity index (χ2n) is 7.41. The van der Waals surface area contributed by atoms with Crippen LogP contribution in [0.2, 0.25) is 0 Å². The van der Waals surface area contributed by atoms with E-state index in [2.05, 4.69) is 26.1 Å². The number of aryl methyl sites for hydroxylation is 2. The van der Waals surface area contributed by atoms with Gasteiger partial charge in [-0.1, -0.05) is 30.0 Å². The minimum Gasteiger partial charge on any atom is -0.343 e. The van der Waals surface area contributed by atoms with Crippen LogP contribution in [-0.4, -0.2) is 39.2 Å². The molecule has 0 radical (unpaired) electrons. The number of hydrazine groups is 1. The number of nitro benzene ring substituents is 1.